The molecule has 2 heterocycles. The number of oxazole rings is 1. The van der Waals surface area contributed by atoms with Gasteiger partial charge in [-0.1, -0.05) is 35.0 Å². The maximum absolute atomic E-state index is 5.92. The summed E-state index contributed by atoms with van der Waals surface area (Å²) >= 11 is 3.83. The molecule has 1 aliphatic heterocycles. The SMILES string of the molecule is CC1OC(C)C(C(Br)Cc2nc3ccccc3o2)C1C. The summed E-state index contributed by atoms with van der Waals surface area (Å²) in [6.07, 6.45) is 1.39. The van der Waals surface area contributed by atoms with Gasteiger partial charge in [0, 0.05) is 17.2 Å². The van der Waals surface area contributed by atoms with Gasteiger partial charge in [-0.3, -0.25) is 0 Å². The number of fused-ring (bicyclic) bond motifs is 1. The number of alkyl halides is 1. The third-order valence-electron chi connectivity index (χ3n) is 4.44. The number of nitrogens with zero attached hydrogens (tertiary/aromatic N) is 1. The van der Waals surface area contributed by atoms with Crippen molar-refractivity contribution in [2.45, 2.75) is 44.2 Å². The Morgan fingerprint density at radius 3 is 2.60 bits per heavy atom. The topological polar surface area (TPSA) is 35.3 Å². The van der Waals surface area contributed by atoms with Crippen LogP contribution in [-0.4, -0.2) is 22.0 Å². The Hall–Kier alpha value is -0.870. The molecule has 0 radical (unpaired) electrons. The fraction of sp³-hybridized carbons (Fsp3) is 0.562. The molecule has 0 bridgehead atoms. The highest BCUT2D eigenvalue weighted by Gasteiger charge is 2.41. The van der Waals surface area contributed by atoms with E-state index in [9.17, 15) is 0 Å². The Morgan fingerprint density at radius 1 is 1.20 bits per heavy atom. The van der Waals surface area contributed by atoms with Crippen LogP contribution in [0.4, 0.5) is 0 Å². The molecule has 3 nitrogen and oxygen atoms in total. The lowest BCUT2D eigenvalue weighted by Gasteiger charge is -2.23. The third-order valence-corrected chi connectivity index (χ3v) is 5.38. The van der Waals surface area contributed by atoms with Crippen molar-refractivity contribution in [3.05, 3.63) is 30.2 Å². The van der Waals surface area contributed by atoms with Crippen LogP contribution in [0.3, 0.4) is 0 Å². The van der Waals surface area contributed by atoms with Crippen molar-refractivity contribution in [2.75, 3.05) is 0 Å². The monoisotopic (exact) mass is 337 g/mol. The number of hydrogen-bond donors (Lipinski definition) is 0. The van der Waals surface area contributed by atoms with E-state index in [-0.39, 0.29) is 6.10 Å². The van der Waals surface area contributed by atoms with Crippen molar-refractivity contribution in [2.24, 2.45) is 11.8 Å². The van der Waals surface area contributed by atoms with E-state index in [0.29, 0.717) is 22.8 Å². The van der Waals surface area contributed by atoms with Gasteiger partial charge in [-0.25, -0.2) is 4.98 Å². The maximum Gasteiger partial charge on any atom is 0.196 e. The lowest BCUT2D eigenvalue weighted by atomic mass is 9.86. The van der Waals surface area contributed by atoms with Crippen molar-refractivity contribution >= 4 is 27.0 Å². The molecule has 0 N–H and O–H groups in total. The molecule has 0 amide bonds. The molecule has 1 saturated heterocycles. The first-order valence-electron chi connectivity index (χ1n) is 7.20. The molecule has 2 aromatic rings. The molecule has 5 atom stereocenters. The minimum atomic E-state index is 0.272. The molecule has 3 rings (SSSR count). The number of aromatic nitrogens is 1. The average molecular weight is 338 g/mol. The van der Waals surface area contributed by atoms with E-state index in [1.54, 1.807) is 0 Å². The van der Waals surface area contributed by atoms with Gasteiger partial charge in [0.15, 0.2) is 11.5 Å². The Bertz CT molecular complexity index is 564. The van der Waals surface area contributed by atoms with Crippen molar-refractivity contribution in [1.82, 2.24) is 4.98 Å². The molecule has 1 fully saturated rings. The van der Waals surface area contributed by atoms with E-state index in [1.807, 2.05) is 24.3 Å². The smallest absolute Gasteiger partial charge is 0.196 e. The summed E-state index contributed by atoms with van der Waals surface area (Å²) in [6, 6.07) is 7.90. The molecule has 5 unspecified atom stereocenters. The average Bonchev–Trinajstić information content (AvgIpc) is 2.90. The van der Waals surface area contributed by atoms with E-state index in [2.05, 4.69) is 41.7 Å². The zero-order chi connectivity index (χ0) is 14.3. The first-order valence-corrected chi connectivity index (χ1v) is 8.12. The Morgan fingerprint density at radius 2 is 1.95 bits per heavy atom. The molecular weight excluding hydrogens is 318 g/mol. The number of para-hydroxylation sites is 2. The highest BCUT2D eigenvalue weighted by molar-refractivity contribution is 9.09. The molecule has 4 heteroatoms. The summed E-state index contributed by atoms with van der Waals surface area (Å²) in [5.41, 5.74) is 1.79. The maximum atomic E-state index is 5.92. The van der Waals surface area contributed by atoms with Crippen molar-refractivity contribution in [1.29, 1.82) is 0 Å². The fourth-order valence-corrected chi connectivity index (χ4v) is 4.42. The van der Waals surface area contributed by atoms with Crippen LogP contribution in [-0.2, 0) is 11.2 Å². The van der Waals surface area contributed by atoms with Gasteiger partial charge in [0.25, 0.3) is 0 Å². The number of ether oxygens (including phenoxy) is 1. The van der Waals surface area contributed by atoms with Crippen LogP contribution < -0.4 is 0 Å². The van der Waals surface area contributed by atoms with Crippen LogP contribution in [0.15, 0.2) is 28.7 Å². The fourth-order valence-electron chi connectivity index (χ4n) is 3.23. The number of halogens is 1. The third kappa shape index (κ3) is 2.51. The summed E-state index contributed by atoms with van der Waals surface area (Å²) in [5, 5.41) is 0. The van der Waals surface area contributed by atoms with Gasteiger partial charge < -0.3 is 9.15 Å². The van der Waals surface area contributed by atoms with E-state index in [4.69, 9.17) is 9.15 Å². The zero-order valence-electron chi connectivity index (χ0n) is 12.0. The predicted octanol–water partition coefficient (Wildman–Crippen LogP) is 4.19. The van der Waals surface area contributed by atoms with Gasteiger partial charge in [0.05, 0.1) is 12.2 Å². The van der Waals surface area contributed by atoms with Crippen LogP contribution in [0.1, 0.15) is 26.7 Å². The quantitative estimate of drug-likeness (QED) is 0.787. The van der Waals surface area contributed by atoms with Crippen LogP contribution in [0.25, 0.3) is 11.1 Å². The minimum absolute atomic E-state index is 0.272. The largest absolute Gasteiger partial charge is 0.441 e. The summed E-state index contributed by atoms with van der Waals surface area (Å²) in [5.74, 6) is 1.82. The van der Waals surface area contributed by atoms with Crippen LogP contribution >= 0.6 is 15.9 Å². The second-order valence-electron chi connectivity index (χ2n) is 5.78. The lowest BCUT2D eigenvalue weighted by molar-refractivity contribution is 0.0510. The molecule has 0 saturated carbocycles. The molecule has 0 spiro atoms. The van der Waals surface area contributed by atoms with Gasteiger partial charge >= 0.3 is 0 Å². The second-order valence-corrected chi connectivity index (χ2v) is 6.95. The summed E-state index contributed by atoms with van der Waals surface area (Å²) < 4.78 is 11.7. The van der Waals surface area contributed by atoms with Crippen LogP contribution in [0.5, 0.6) is 0 Å². The summed E-state index contributed by atoms with van der Waals surface area (Å²) in [6.45, 7) is 6.57. The highest BCUT2D eigenvalue weighted by Crippen LogP contribution is 2.38. The van der Waals surface area contributed by atoms with Crippen molar-refractivity contribution < 1.29 is 9.15 Å². The van der Waals surface area contributed by atoms with E-state index >= 15 is 0 Å². The number of hydrogen-bond acceptors (Lipinski definition) is 3. The summed E-state index contributed by atoms with van der Waals surface area (Å²) in [7, 11) is 0. The Labute approximate surface area is 127 Å². The van der Waals surface area contributed by atoms with Crippen LogP contribution in [0, 0.1) is 11.8 Å². The minimum Gasteiger partial charge on any atom is -0.441 e. The first kappa shape index (κ1) is 14.1. The molecular formula is C16H20BrNO2. The van der Waals surface area contributed by atoms with Gasteiger partial charge in [-0.15, -0.1) is 0 Å². The van der Waals surface area contributed by atoms with E-state index < -0.39 is 0 Å². The summed E-state index contributed by atoms with van der Waals surface area (Å²) in [4.78, 5) is 4.88. The van der Waals surface area contributed by atoms with Gasteiger partial charge in [-0.2, -0.15) is 0 Å². The molecule has 0 aliphatic carbocycles. The van der Waals surface area contributed by atoms with Gasteiger partial charge in [0.1, 0.15) is 5.52 Å². The highest BCUT2D eigenvalue weighted by atomic mass is 79.9. The molecule has 1 aromatic carbocycles. The molecule has 1 aliphatic rings. The number of benzene rings is 1. The lowest BCUT2D eigenvalue weighted by Crippen LogP contribution is -2.28. The van der Waals surface area contributed by atoms with Crippen molar-refractivity contribution in [3.8, 4) is 0 Å². The van der Waals surface area contributed by atoms with Gasteiger partial charge in [0.2, 0.25) is 0 Å². The standard InChI is InChI=1S/C16H20BrNO2/c1-9-10(2)19-11(3)16(9)12(17)8-15-18-13-6-4-5-7-14(13)20-15/h4-7,9-12,16H,8H2,1-3H3. The Balaban J connectivity index is 1.76. The number of rotatable bonds is 3. The predicted molar refractivity (Wildman–Crippen MR) is 83.1 cm³/mol. The van der Waals surface area contributed by atoms with E-state index in [0.717, 1.165) is 23.4 Å². The normalized spacial score (nSPS) is 31.8. The molecule has 108 valence electrons. The second kappa shape index (κ2) is 5.49. The molecule has 20 heavy (non-hydrogen) atoms. The van der Waals surface area contributed by atoms with Gasteiger partial charge in [-0.05, 0) is 31.9 Å². The van der Waals surface area contributed by atoms with Crippen LogP contribution in [0.2, 0.25) is 0 Å². The van der Waals surface area contributed by atoms with Crippen molar-refractivity contribution in [3.63, 3.8) is 0 Å². The zero-order valence-corrected chi connectivity index (χ0v) is 13.6. The van der Waals surface area contributed by atoms with E-state index in [1.165, 1.54) is 0 Å². The first-order chi connectivity index (χ1) is 9.56. The molecule has 1 aromatic heterocycles. The Kier molecular flexibility index (Phi) is 3.87.